The van der Waals surface area contributed by atoms with Crippen LogP contribution in [0.3, 0.4) is 0 Å². The van der Waals surface area contributed by atoms with Gasteiger partial charge >= 0.3 is 11.9 Å². The van der Waals surface area contributed by atoms with Crippen LogP contribution in [0, 0.1) is 20.2 Å². The van der Waals surface area contributed by atoms with Gasteiger partial charge in [-0.1, -0.05) is 0 Å². The van der Waals surface area contributed by atoms with Crippen molar-refractivity contribution in [3.05, 3.63) is 80.1 Å². The number of rotatable bonds is 4. The molecule has 0 saturated carbocycles. The summed E-state index contributed by atoms with van der Waals surface area (Å²) >= 11 is 0. The molecule has 12 heteroatoms. The van der Waals surface area contributed by atoms with E-state index in [-0.39, 0.29) is 22.5 Å². The zero-order valence-corrected chi connectivity index (χ0v) is 16.8. The lowest BCUT2D eigenvalue weighted by molar-refractivity contribution is -0.383. The van der Waals surface area contributed by atoms with Crippen molar-refractivity contribution in [2.75, 3.05) is 7.11 Å². The Bertz CT molecular complexity index is 1390. The average molecular weight is 440 g/mol. The Kier molecular flexibility index (Phi) is 5.87. The molecule has 32 heavy (non-hydrogen) atoms. The first-order chi connectivity index (χ1) is 15.1. The number of carboxylic acid groups (broad SMARTS) is 1. The van der Waals surface area contributed by atoms with E-state index in [1.807, 2.05) is 0 Å². The van der Waals surface area contributed by atoms with Crippen molar-refractivity contribution >= 4 is 45.1 Å². The Hall–Kier alpha value is -4.74. The van der Waals surface area contributed by atoms with Gasteiger partial charge in [-0.15, -0.1) is 0 Å². The largest absolute Gasteiger partial charge is 0.478 e. The maximum atomic E-state index is 11.3. The fraction of sp³-hybridized carbons (Fsp3) is 0.100. The van der Waals surface area contributed by atoms with Crippen molar-refractivity contribution in [2.24, 2.45) is 7.05 Å². The van der Waals surface area contributed by atoms with Crippen molar-refractivity contribution in [1.82, 2.24) is 9.55 Å². The van der Waals surface area contributed by atoms with Gasteiger partial charge in [0.2, 0.25) is 0 Å². The summed E-state index contributed by atoms with van der Waals surface area (Å²) in [6.45, 7) is 0. The van der Waals surface area contributed by atoms with Gasteiger partial charge in [0.15, 0.2) is 0 Å². The van der Waals surface area contributed by atoms with Gasteiger partial charge in [0.05, 0.1) is 28.1 Å². The highest BCUT2D eigenvalue weighted by Gasteiger charge is 2.19. The molecule has 0 spiro atoms. The molecule has 2 aromatic heterocycles. The molecule has 12 nitrogen and oxygen atoms in total. The zero-order valence-electron chi connectivity index (χ0n) is 16.8. The number of nitrogens with zero attached hydrogens (tertiary/aromatic N) is 3. The number of ether oxygens (including phenoxy) is 1. The minimum Gasteiger partial charge on any atom is -0.478 e. The van der Waals surface area contributed by atoms with Crippen LogP contribution < -0.4 is 0 Å². The smallest absolute Gasteiger partial charge is 0.338 e. The lowest BCUT2D eigenvalue weighted by Gasteiger charge is -2.00. The third-order valence-electron chi connectivity index (χ3n) is 4.65. The van der Waals surface area contributed by atoms with Crippen molar-refractivity contribution in [3.8, 4) is 0 Å². The second-order valence-corrected chi connectivity index (χ2v) is 6.61. The van der Waals surface area contributed by atoms with E-state index < -0.39 is 21.8 Å². The number of aromatic nitrogens is 2. The van der Waals surface area contributed by atoms with Gasteiger partial charge in [0, 0.05) is 42.3 Å². The van der Waals surface area contributed by atoms with E-state index in [4.69, 9.17) is 5.11 Å². The first-order valence-electron chi connectivity index (χ1n) is 8.94. The predicted molar refractivity (Wildman–Crippen MR) is 113 cm³/mol. The van der Waals surface area contributed by atoms with Crippen LogP contribution >= 0.6 is 0 Å². The molecule has 0 saturated heterocycles. The number of esters is 1. The molecule has 2 heterocycles. The number of carboxylic acids is 1. The van der Waals surface area contributed by atoms with E-state index >= 15 is 0 Å². The highest BCUT2D eigenvalue weighted by molar-refractivity contribution is 5.99. The molecule has 2 aromatic carbocycles. The van der Waals surface area contributed by atoms with Crippen molar-refractivity contribution in [1.29, 1.82) is 0 Å². The second kappa shape index (κ2) is 8.55. The van der Waals surface area contributed by atoms with Gasteiger partial charge in [-0.05, 0) is 24.3 Å². The van der Waals surface area contributed by atoms with Gasteiger partial charge in [-0.25, -0.2) is 9.59 Å². The van der Waals surface area contributed by atoms with Crippen molar-refractivity contribution < 1.29 is 29.3 Å². The summed E-state index contributed by atoms with van der Waals surface area (Å²) in [6, 6.07) is 8.55. The first kappa shape index (κ1) is 22.0. The molecule has 4 rings (SSSR count). The third kappa shape index (κ3) is 4.09. The number of carbonyl (C=O) groups is 2. The second-order valence-electron chi connectivity index (χ2n) is 6.61. The van der Waals surface area contributed by atoms with Gasteiger partial charge in [0.1, 0.15) is 11.0 Å². The summed E-state index contributed by atoms with van der Waals surface area (Å²) in [4.78, 5) is 45.4. The van der Waals surface area contributed by atoms with E-state index in [0.717, 1.165) is 6.07 Å². The number of nitro benzene ring substituents is 2. The molecule has 0 fully saturated rings. The number of aromatic carboxylic acids is 1. The van der Waals surface area contributed by atoms with Crippen LogP contribution in [0.1, 0.15) is 20.7 Å². The quantitative estimate of drug-likeness (QED) is 0.275. The summed E-state index contributed by atoms with van der Waals surface area (Å²) in [7, 11) is 2.91. The maximum Gasteiger partial charge on any atom is 0.338 e. The van der Waals surface area contributed by atoms with Crippen LogP contribution in [0.15, 0.2) is 48.8 Å². The van der Waals surface area contributed by atoms with E-state index in [9.17, 15) is 29.8 Å². The van der Waals surface area contributed by atoms with Crippen LogP contribution in [-0.2, 0) is 11.8 Å². The number of H-pyrrole nitrogens is 1. The average Bonchev–Trinajstić information content (AvgIpc) is 3.38. The molecular formula is C20H16N4O8. The Morgan fingerprint density at radius 3 is 2.22 bits per heavy atom. The summed E-state index contributed by atoms with van der Waals surface area (Å²) in [6.07, 6.45) is 3.24. The number of methoxy groups -OCH3 is 1. The lowest BCUT2D eigenvalue weighted by atomic mass is 10.1. The summed E-state index contributed by atoms with van der Waals surface area (Å²) in [5.41, 5.74) is 0.588. The molecule has 0 atom stereocenters. The number of nitrogens with one attached hydrogen (secondary N) is 1. The number of carbonyl (C=O) groups excluding carboxylic acids is 1. The minimum absolute atomic E-state index is 0.0783. The highest BCUT2D eigenvalue weighted by atomic mass is 16.6. The Morgan fingerprint density at radius 2 is 1.62 bits per heavy atom. The van der Waals surface area contributed by atoms with Gasteiger partial charge in [-0.2, -0.15) is 0 Å². The third-order valence-corrected chi connectivity index (χ3v) is 4.65. The van der Waals surface area contributed by atoms with E-state index in [1.165, 1.54) is 19.2 Å². The maximum absolute atomic E-state index is 11.3. The number of hydrogen-bond acceptors (Lipinski definition) is 7. The van der Waals surface area contributed by atoms with Crippen LogP contribution in [0.4, 0.5) is 11.4 Å². The number of fused-ring (bicyclic) bond motifs is 2. The molecule has 0 amide bonds. The van der Waals surface area contributed by atoms with Crippen LogP contribution in [0.2, 0.25) is 0 Å². The fourth-order valence-electron chi connectivity index (χ4n) is 3.21. The number of benzene rings is 2. The van der Waals surface area contributed by atoms with E-state index in [2.05, 4.69) is 9.72 Å². The molecule has 0 aliphatic rings. The Balaban J connectivity index is 0.000000181. The van der Waals surface area contributed by atoms with Gasteiger partial charge in [-0.3, -0.25) is 20.2 Å². The van der Waals surface area contributed by atoms with Crippen LogP contribution in [0.25, 0.3) is 21.8 Å². The molecule has 0 aliphatic carbocycles. The SMILES string of the molecule is COC(=O)c1cc([N+](=O)[O-])c2[nH]ccc2c1.Cn1ccc2cc(C(=O)O)cc([N+](=O)[O-])c21. The molecule has 0 unspecified atom stereocenters. The van der Waals surface area contributed by atoms with Crippen molar-refractivity contribution in [3.63, 3.8) is 0 Å². The van der Waals surface area contributed by atoms with Gasteiger partial charge in [0.25, 0.3) is 11.4 Å². The summed E-state index contributed by atoms with van der Waals surface area (Å²) < 4.78 is 6.12. The lowest BCUT2D eigenvalue weighted by Crippen LogP contribution is -2.02. The Labute approximate surface area is 178 Å². The summed E-state index contributed by atoms with van der Waals surface area (Å²) in [5, 5.41) is 31.6. The van der Waals surface area contributed by atoms with Gasteiger partial charge < -0.3 is 19.4 Å². The molecular weight excluding hydrogens is 424 g/mol. The predicted octanol–water partition coefficient (Wildman–Crippen LogP) is 3.65. The number of aromatic amines is 1. The first-order valence-corrected chi connectivity index (χ1v) is 8.94. The highest BCUT2D eigenvalue weighted by Crippen LogP contribution is 2.28. The normalized spacial score (nSPS) is 10.4. The number of non-ortho nitro benzene ring substituents is 2. The van der Waals surface area contributed by atoms with E-state index in [1.54, 1.807) is 42.2 Å². The monoisotopic (exact) mass is 440 g/mol. The zero-order chi connectivity index (χ0) is 23.6. The molecule has 0 aliphatic heterocycles. The topological polar surface area (TPSA) is 171 Å². The molecule has 2 N–H and O–H groups in total. The standard InChI is InChI=1S/2C10H8N2O4/c1-16-10(13)7-4-6-2-3-11-9(6)8(5-7)12(14)15;1-11-3-2-6-4-7(10(13)14)5-8(9(6)11)12(15)16/h2-5,11H,1H3;2-5H,1H3,(H,13,14). The summed E-state index contributed by atoms with van der Waals surface area (Å²) in [5.74, 6) is -1.76. The number of hydrogen-bond donors (Lipinski definition) is 2. The van der Waals surface area contributed by atoms with Crippen LogP contribution in [-0.4, -0.2) is 43.6 Å². The molecule has 0 bridgehead atoms. The number of nitro groups is 2. The number of aryl methyl sites for hydroxylation is 1. The van der Waals surface area contributed by atoms with Crippen LogP contribution in [0.5, 0.6) is 0 Å². The minimum atomic E-state index is -1.17. The molecule has 164 valence electrons. The molecule has 4 aromatic rings. The fourth-order valence-corrected chi connectivity index (χ4v) is 3.21. The Morgan fingerprint density at radius 1 is 1.00 bits per heavy atom. The molecule has 0 radical (unpaired) electrons. The van der Waals surface area contributed by atoms with Crippen molar-refractivity contribution in [2.45, 2.75) is 0 Å². The van der Waals surface area contributed by atoms with E-state index in [0.29, 0.717) is 21.8 Å².